The van der Waals surface area contributed by atoms with E-state index in [9.17, 15) is 14.9 Å². The first kappa shape index (κ1) is 18.2. The van der Waals surface area contributed by atoms with Gasteiger partial charge in [0, 0.05) is 23.3 Å². The molecule has 8 nitrogen and oxygen atoms in total. The number of aryl methyl sites for hydroxylation is 2. The fourth-order valence-corrected chi connectivity index (χ4v) is 2.51. The smallest absolute Gasteiger partial charge is 0.270 e. The highest BCUT2D eigenvalue weighted by molar-refractivity contribution is 5.94. The summed E-state index contributed by atoms with van der Waals surface area (Å²) in [7, 11) is 0. The topological polar surface area (TPSA) is 111 Å². The minimum absolute atomic E-state index is 0.0602. The van der Waals surface area contributed by atoms with E-state index in [1.807, 2.05) is 26.0 Å². The number of hydrogen-bond acceptors (Lipinski definition) is 6. The van der Waals surface area contributed by atoms with Gasteiger partial charge in [-0.3, -0.25) is 14.9 Å². The second-order valence-corrected chi connectivity index (χ2v) is 6.26. The van der Waals surface area contributed by atoms with Crippen LogP contribution in [0.15, 0.2) is 47.0 Å². The van der Waals surface area contributed by atoms with E-state index >= 15 is 0 Å². The van der Waals surface area contributed by atoms with E-state index in [2.05, 4.69) is 15.5 Å². The molecule has 0 aliphatic carbocycles. The molecule has 1 amide bonds. The maximum atomic E-state index is 12.4. The van der Waals surface area contributed by atoms with Crippen molar-refractivity contribution < 1.29 is 14.2 Å². The summed E-state index contributed by atoms with van der Waals surface area (Å²) < 4.78 is 5.22. The number of rotatable bonds is 5. The lowest BCUT2D eigenvalue weighted by Gasteiger charge is -2.10. The van der Waals surface area contributed by atoms with Crippen molar-refractivity contribution in [2.24, 2.45) is 0 Å². The van der Waals surface area contributed by atoms with E-state index in [-0.39, 0.29) is 23.3 Å². The van der Waals surface area contributed by atoms with E-state index < -0.39 is 11.0 Å². The molecule has 3 aromatic rings. The Labute approximate surface area is 155 Å². The van der Waals surface area contributed by atoms with Crippen LogP contribution in [0.3, 0.4) is 0 Å². The number of non-ortho nitro benzene ring substituents is 1. The van der Waals surface area contributed by atoms with Crippen LogP contribution in [0.2, 0.25) is 0 Å². The molecule has 0 bridgehead atoms. The standard InChI is InChI=1S/C19H18N4O4/c1-11-7-8-15(9-12(11)2)18(24)20-13(3)19-21-17(22-27-19)14-5-4-6-16(10-14)23(25)26/h4-10,13H,1-3H3,(H,20,24)/t13-/m0/s1. The molecule has 0 saturated heterocycles. The lowest BCUT2D eigenvalue weighted by molar-refractivity contribution is -0.384. The summed E-state index contributed by atoms with van der Waals surface area (Å²) >= 11 is 0. The fraction of sp³-hybridized carbons (Fsp3) is 0.211. The van der Waals surface area contributed by atoms with Gasteiger partial charge < -0.3 is 9.84 Å². The van der Waals surface area contributed by atoms with Crippen LogP contribution in [0, 0.1) is 24.0 Å². The molecule has 0 aliphatic rings. The molecule has 138 valence electrons. The van der Waals surface area contributed by atoms with Crippen molar-refractivity contribution in [2.45, 2.75) is 26.8 Å². The van der Waals surface area contributed by atoms with Gasteiger partial charge >= 0.3 is 0 Å². The third-order valence-electron chi connectivity index (χ3n) is 4.24. The summed E-state index contributed by atoms with van der Waals surface area (Å²) in [5.74, 6) is 0.190. The minimum atomic E-state index is -0.515. The molecule has 0 unspecified atom stereocenters. The van der Waals surface area contributed by atoms with Crippen LogP contribution >= 0.6 is 0 Å². The second kappa shape index (κ2) is 7.36. The summed E-state index contributed by atoms with van der Waals surface area (Å²) in [5, 5.41) is 17.6. The molecule has 2 aromatic carbocycles. The number of carbonyl (C=O) groups is 1. The van der Waals surface area contributed by atoms with E-state index in [4.69, 9.17) is 4.52 Å². The summed E-state index contributed by atoms with van der Waals surface area (Å²) in [4.78, 5) is 27.1. The third kappa shape index (κ3) is 4.00. The first-order valence-electron chi connectivity index (χ1n) is 8.31. The Bertz CT molecular complexity index is 1010. The molecular weight excluding hydrogens is 348 g/mol. The van der Waals surface area contributed by atoms with Crippen molar-refractivity contribution in [3.05, 3.63) is 75.2 Å². The maximum absolute atomic E-state index is 12.4. The lowest BCUT2D eigenvalue weighted by Crippen LogP contribution is -2.27. The largest absolute Gasteiger partial charge is 0.341 e. The molecular formula is C19H18N4O4. The molecule has 27 heavy (non-hydrogen) atoms. The Kier molecular flexibility index (Phi) is 4.98. The summed E-state index contributed by atoms with van der Waals surface area (Å²) in [5.41, 5.74) is 3.09. The van der Waals surface area contributed by atoms with Gasteiger partial charge in [0.15, 0.2) is 0 Å². The van der Waals surface area contributed by atoms with Gasteiger partial charge in [-0.1, -0.05) is 23.4 Å². The van der Waals surface area contributed by atoms with Crippen molar-refractivity contribution in [1.82, 2.24) is 15.5 Å². The highest BCUT2D eigenvalue weighted by atomic mass is 16.6. The number of nitrogens with one attached hydrogen (secondary N) is 1. The zero-order chi connectivity index (χ0) is 19.6. The maximum Gasteiger partial charge on any atom is 0.270 e. The fourth-order valence-electron chi connectivity index (χ4n) is 2.51. The van der Waals surface area contributed by atoms with Crippen LogP contribution in [0.4, 0.5) is 5.69 Å². The molecule has 8 heteroatoms. The van der Waals surface area contributed by atoms with Crippen LogP contribution in [-0.2, 0) is 0 Å². The van der Waals surface area contributed by atoms with Gasteiger partial charge in [0.1, 0.15) is 6.04 Å². The van der Waals surface area contributed by atoms with Crippen LogP contribution in [0.1, 0.15) is 40.3 Å². The molecule has 0 radical (unpaired) electrons. The summed E-state index contributed by atoms with van der Waals surface area (Å²) in [6.45, 7) is 5.65. The van der Waals surface area contributed by atoms with Crippen molar-refractivity contribution in [1.29, 1.82) is 0 Å². The van der Waals surface area contributed by atoms with Crippen LogP contribution in [0.25, 0.3) is 11.4 Å². The Morgan fingerprint density at radius 1 is 1.19 bits per heavy atom. The van der Waals surface area contributed by atoms with Crippen LogP contribution in [-0.4, -0.2) is 21.0 Å². The normalized spacial score (nSPS) is 11.8. The predicted octanol–water partition coefficient (Wildman–Crippen LogP) is 3.75. The van der Waals surface area contributed by atoms with Gasteiger partial charge in [-0.15, -0.1) is 0 Å². The first-order chi connectivity index (χ1) is 12.8. The number of nitro groups is 1. The number of carbonyl (C=O) groups excluding carboxylic acids is 1. The Morgan fingerprint density at radius 3 is 2.67 bits per heavy atom. The van der Waals surface area contributed by atoms with E-state index in [0.717, 1.165) is 11.1 Å². The van der Waals surface area contributed by atoms with Crippen LogP contribution < -0.4 is 5.32 Å². The highest BCUT2D eigenvalue weighted by Crippen LogP contribution is 2.23. The molecule has 0 saturated carbocycles. The van der Waals surface area contributed by atoms with Gasteiger partial charge in [0.05, 0.1) is 4.92 Å². The van der Waals surface area contributed by atoms with E-state index in [1.165, 1.54) is 12.1 Å². The first-order valence-corrected chi connectivity index (χ1v) is 8.31. The number of benzene rings is 2. The molecule has 1 atom stereocenters. The SMILES string of the molecule is Cc1ccc(C(=O)N[C@@H](C)c2nc(-c3cccc([N+](=O)[O-])c3)no2)cc1C. The Hall–Kier alpha value is -3.55. The average Bonchev–Trinajstić information content (AvgIpc) is 3.14. The Morgan fingerprint density at radius 2 is 1.96 bits per heavy atom. The van der Waals surface area contributed by atoms with Crippen LogP contribution in [0.5, 0.6) is 0 Å². The lowest BCUT2D eigenvalue weighted by atomic mass is 10.1. The second-order valence-electron chi connectivity index (χ2n) is 6.26. The summed E-state index contributed by atoms with van der Waals surface area (Å²) in [6, 6.07) is 10.9. The molecule has 1 aromatic heterocycles. The van der Waals surface area contributed by atoms with Gasteiger partial charge in [-0.2, -0.15) is 4.98 Å². The van der Waals surface area contributed by atoms with E-state index in [1.54, 1.807) is 25.1 Å². The zero-order valence-electron chi connectivity index (χ0n) is 15.1. The van der Waals surface area contributed by atoms with Gasteiger partial charge in [-0.05, 0) is 44.0 Å². The van der Waals surface area contributed by atoms with Gasteiger partial charge in [0.25, 0.3) is 11.6 Å². The third-order valence-corrected chi connectivity index (χ3v) is 4.24. The predicted molar refractivity (Wildman–Crippen MR) is 98.2 cm³/mol. The molecule has 0 aliphatic heterocycles. The van der Waals surface area contributed by atoms with Crippen molar-refractivity contribution in [2.75, 3.05) is 0 Å². The van der Waals surface area contributed by atoms with Crippen molar-refractivity contribution in [3.63, 3.8) is 0 Å². The minimum Gasteiger partial charge on any atom is -0.341 e. The molecule has 0 fully saturated rings. The van der Waals surface area contributed by atoms with E-state index in [0.29, 0.717) is 11.1 Å². The van der Waals surface area contributed by atoms with Gasteiger partial charge in [0.2, 0.25) is 11.7 Å². The van der Waals surface area contributed by atoms with Crippen molar-refractivity contribution >= 4 is 11.6 Å². The monoisotopic (exact) mass is 366 g/mol. The molecule has 0 spiro atoms. The number of nitrogens with zero attached hydrogens (tertiary/aromatic N) is 3. The highest BCUT2D eigenvalue weighted by Gasteiger charge is 2.19. The number of amides is 1. The summed E-state index contributed by atoms with van der Waals surface area (Å²) in [6.07, 6.45) is 0. The molecule has 1 heterocycles. The number of hydrogen-bond donors (Lipinski definition) is 1. The average molecular weight is 366 g/mol. The Balaban J connectivity index is 1.75. The quantitative estimate of drug-likeness (QED) is 0.544. The van der Waals surface area contributed by atoms with Gasteiger partial charge in [-0.25, -0.2) is 0 Å². The molecule has 1 N–H and O–H groups in total. The number of nitro benzene ring substituents is 1. The zero-order valence-corrected chi connectivity index (χ0v) is 15.1. The van der Waals surface area contributed by atoms with Crippen molar-refractivity contribution in [3.8, 4) is 11.4 Å². The number of aromatic nitrogens is 2. The molecule has 3 rings (SSSR count).